The average Bonchev–Trinajstić information content (AvgIpc) is 3.00. The number of carbonyl (C=O) groups excluding carboxylic acids is 1. The van der Waals surface area contributed by atoms with Crippen LogP contribution in [-0.2, 0) is 9.53 Å². The third-order valence-electron chi connectivity index (χ3n) is 3.25. The molecule has 1 atom stereocenters. The summed E-state index contributed by atoms with van der Waals surface area (Å²) in [5.41, 5.74) is -0.286. The maximum atomic E-state index is 11.6. The van der Waals surface area contributed by atoms with Crippen LogP contribution >= 0.6 is 0 Å². The van der Waals surface area contributed by atoms with Gasteiger partial charge >= 0.3 is 0 Å². The lowest BCUT2D eigenvalue weighted by Crippen LogP contribution is -2.41. The van der Waals surface area contributed by atoms with Crippen LogP contribution in [0.4, 0.5) is 0 Å². The number of carbonyl (C=O) groups is 1. The van der Waals surface area contributed by atoms with E-state index in [1.807, 2.05) is 0 Å². The Hall–Kier alpha value is -0.610. The molecule has 15 heavy (non-hydrogen) atoms. The molecule has 2 fully saturated rings. The highest BCUT2D eigenvalue weighted by Gasteiger charge is 2.43. The van der Waals surface area contributed by atoms with Crippen LogP contribution in [0, 0.1) is 0 Å². The van der Waals surface area contributed by atoms with Crippen molar-refractivity contribution >= 4 is 5.91 Å². The Morgan fingerprint density at radius 2 is 2.27 bits per heavy atom. The number of hydrogen-bond donors (Lipinski definition) is 2. The first-order chi connectivity index (χ1) is 7.24. The van der Waals surface area contributed by atoms with Gasteiger partial charge in [0.1, 0.15) is 0 Å². The molecule has 2 N–H and O–H groups in total. The second-order valence-corrected chi connectivity index (χ2v) is 4.68. The van der Waals surface area contributed by atoms with E-state index in [4.69, 9.17) is 9.84 Å². The van der Waals surface area contributed by atoms with Gasteiger partial charge < -0.3 is 15.2 Å². The van der Waals surface area contributed by atoms with Crippen molar-refractivity contribution in [3.63, 3.8) is 0 Å². The minimum absolute atomic E-state index is 0.0217. The summed E-state index contributed by atoms with van der Waals surface area (Å²) in [4.78, 5) is 11.6. The van der Waals surface area contributed by atoms with E-state index in [2.05, 4.69) is 5.32 Å². The van der Waals surface area contributed by atoms with E-state index in [0.29, 0.717) is 6.42 Å². The SMILES string of the molecule is O=C(CC1CCCCO1)NC1(CO)CC1. The second-order valence-electron chi connectivity index (χ2n) is 4.68. The Bertz CT molecular complexity index is 232. The molecule has 0 aromatic rings. The molecule has 0 radical (unpaired) electrons. The van der Waals surface area contributed by atoms with Crippen molar-refractivity contribution in [3.8, 4) is 0 Å². The second kappa shape index (κ2) is 4.49. The monoisotopic (exact) mass is 213 g/mol. The average molecular weight is 213 g/mol. The van der Waals surface area contributed by atoms with E-state index in [1.54, 1.807) is 0 Å². The summed E-state index contributed by atoms with van der Waals surface area (Å²) < 4.78 is 5.49. The van der Waals surface area contributed by atoms with Crippen molar-refractivity contribution in [2.45, 2.75) is 50.2 Å². The molecule has 0 spiro atoms. The fraction of sp³-hybridized carbons (Fsp3) is 0.909. The Labute approximate surface area is 90.0 Å². The first-order valence-corrected chi connectivity index (χ1v) is 5.78. The molecule has 1 heterocycles. The Balaban J connectivity index is 1.72. The minimum atomic E-state index is -0.286. The molecular weight excluding hydrogens is 194 g/mol. The van der Waals surface area contributed by atoms with Crippen LogP contribution in [0.2, 0.25) is 0 Å². The minimum Gasteiger partial charge on any atom is -0.394 e. The maximum absolute atomic E-state index is 11.6. The number of rotatable bonds is 4. The number of nitrogens with one attached hydrogen (secondary N) is 1. The first kappa shape index (κ1) is 10.9. The van der Waals surface area contributed by atoms with Crippen LogP contribution in [0.3, 0.4) is 0 Å². The molecule has 86 valence electrons. The van der Waals surface area contributed by atoms with E-state index in [1.165, 1.54) is 0 Å². The molecule has 1 amide bonds. The van der Waals surface area contributed by atoms with Gasteiger partial charge in [-0.15, -0.1) is 0 Å². The number of aliphatic hydroxyl groups is 1. The summed E-state index contributed by atoms with van der Waals surface area (Å²) in [5.74, 6) is 0.0217. The number of ether oxygens (including phenoxy) is 1. The molecule has 1 saturated carbocycles. The lowest BCUT2D eigenvalue weighted by molar-refractivity contribution is -0.126. The molecule has 0 bridgehead atoms. The molecule has 2 aliphatic rings. The molecule has 1 aliphatic carbocycles. The molecular formula is C11H19NO3. The molecule has 0 aromatic carbocycles. The number of hydrogen-bond acceptors (Lipinski definition) is 3. The summed E-state index contributed by atoms with van der Waals surface area (Å²) in [6.07, 6.45) is 5.60. The zero-order chi connectivity index (χ0) is 10.7. The van der Waals surface area contributed by atoms with Crippen molar-refractivity contribution in [1.29, 1.82) is 0 Å². The third-order valence-corrected chi connectivity index (χ3v) is 3.25. The third kappa shape index (κ3) is 2.92. The molecule has 1 saturated heterocycles. The fourth-order valence-electron chi connectivity index (χ4n) is 2.00. The van der Waals surface area contributed by atoms with Crippen LogP contribution in [0.25, 0.3) is 0 Å². The van der Waals surface area contributed by atoms with E-state index in [9.17, 15) is 4.79 Å². The van der Waals surface area contributed by atoms with Gasteiger partial charge in [0, 0.05) is 6.61 Å². The summed E-state index contributed by atoms with van der Waals surface area (Å²) in [6.45, 7) is 0.841. The largest absolute Gasteiger partial charge is 0.394 e. The van der Waals surface area contributed by atoms with Gasteiger partial charge in [-0.1, -0.05) is 0 Å². The van der Waals surface area contributed by atoms with Gasteiger partial charge in [0.25, 0.3) is 0 Å². The van der Waals surface area contributed by atoms with Crippen LogP contribution in [0.5, 0.6) is 0 Å². The van der Waals surface area contributed by atoms with Crippen molar-refractivity contribution in [3.05, 3.63) is 0 Å². The van der Waals surface area contributed by atoms with Crippen molar-refractivity contribution < 1.29 is 14.6 Å². The predicted octanol–water partition coefficient (Wildman–Crippen LogP) is 0.587. The molecule has 1 aliphatic heterocycles. The van der Waals surface area contributed by atoms with Gasteiger partial charge in [0.15, 0.2) is 0 Å². The molecule has 1 unspecified atom stereocenters. The fourth-order valence-corrected chi connectivity index (χ4v) is 2.00. The van der Waals surface area contributed by atoms with Gasteiger partial charge in [-0.25, -0.2) is 0 Å². The highest BCUT2D eigenvalue weighted by Crippen LogP contribution is 2.34. The van der Waals surface area contributed by atoms with Gasteiger partial charge in [-0.05, 0) is 32.1 Å². The van der Waals surface area contributed by atoms with Gasteiger partial charge in [-0.2, -0.15) is 0 Å². The first-order valence-electron chi connectivity index (χ1n) is 5.78. The van der Waals surface area contributed by atoms with Crippen LogP contribution < -0.4 is 5.32 Å². The number of aliphatic hydroxyl groups excluding tert-OH is 1. The lowest BCUT2D eigenvalue weighted by Gasteiger charge is -2.23. The van der Waals surface area contributed by atoms with Crippen molar-refractivity contribution in [1.82, 2.24) is 5.32 Å². The standard InChI is InChI=1S/C11H19NO3/c13-8-11(4-5-11)12-10(14)7-9-3-1-2-6-15-9/h9,13H,1-8H2,(H,12,14). The molecule has 4 nitrogen and oxygen atoms in total. The van der Waals surface area contributed by atoms with Gasteiger partial charge in [0.2, 0.25) is 5.91 Å². The summed E-state index contributed by atoms with van der Waals surface area (Å²) in [6, 6.07) is 0. The summed E-state index contributed by atoms with van der Waals surface area (Å²) >= 11 is 0. The predicted molar refractivity (Wildman–Crippen MR) is 55.4 cm³/mol. The molecule has 4 heteroatoms. The Kier molecular flexibility index (Phi) is 3.26. The van der Waals surface area contributed by atoms with Crippen molar-refractivity contribution in [2.75, 3.05) is 13.2 Å². The smallest absolute Gasteiger partial charge is 0.223 e. The van der Waals surface area contributed by atoms with Crippen LogP contribution in [0.1, 0.15) is 38.5 Å². The Morgan fingerprint density at radius 1 is 1.47 bits per heavy atom. The van der Waals surface area contributed by atoms with E-state index < -0.39 is 0 Å². The van der Waals surface area contributed by atoms with Crippen LogP contribution in [-0.4, -0.2) is 35.9 Å². The summed E-state index contributed by atoms with van der Waals surface area (Å²) in [7, 11) is 0. The van der Waals surface area contributed by atoms with Gasteiger partial charge in [0.05, 0.1) is 24.7 Å². The highest BCUT2D eigenvalue weighted by molar-refractivity contribution is 5.77. The molecule has 2 rings (SSSR count). The Morgan fingerprint density at radius 3 is 2.80 bits per heavy atom. The zero-order valence-corrected chi connectivity index (χ0v) is 9.00. The van der Waals surface area contributed by atoms with Gasteiger partial charge in [-0.3, -0.25) is 4.79 Å². The van der Waals surface area contributed by atoms with Crippen LogP contribution in [0.15, 0.2) is 0 Å². The number of amides is 1. The van der Waals surface area contributed by atoms with E-state index in [-0.39, 0.29) is 24.2 Å². The van der Waals surface area contributed by atoms with E-state index in [0.717, 1.165) is 38.7 Å². The highest BCUT2D eigenvalue weighted by atomic mass is 16.5. The zero-order valence-electron chi connectivity index (χ0n) is 9.00. The molecule has 0 aromatic heterocycles. The lowest BCUT2D eigenvalue weighted by atomic mass is 10.1. The quantitative estimate of drug-likeness (QED) is 0.718. The van der Waals surface area contributed by atoms with E-state index >= 15 is 0 Å². The maximum Gasteiger partial charge on any atom is 0.223 e. The summed E-state index contributed by atoms with van der Waals surface area (Å²) in [5, 5.41) is 12.0. The normalized spacial score (nSPS) is 28.5. The topological polar surface area (TPSA) is 58.6 Å². The van der Waals surface area contributed by atoms with Crippen molar-refractivity contribution in [2.24, 2.45) is 0 Å².